The van der Waals surface area contributed by atoms with Gasteiger partial charge in [-0.25, -0.2) is 13.1 Å². The summed E-state index contributed by atoms with van der Waals surface area (Å²) in [7, 11) is -2.16. The molecule has 3 rings (SSSR count). The van der Waals surface area contributed by atoms with Crippen molar-refractivity contribution >= 4 is 31.6 Å². The second kappa shape index (κ2) is 7.22. The van der Waals surface area contributed by atoms with Gasteiger partial charge in [0.05, 0.1) is 22.2 Å². The molecule has 0 spiro atoms. The molecule has 26 heavy (non-hydrogen) atoms. The molecule has 2 aromatic carbocycles. The van der Waals surface area contributed by atoms with E-state index in [0.717, 1.165) is 22.4 Å². The number of sulfonamides is 1. The van der Waals surface area contributed by atoms with Crippen molar-refractivity contribution in [3.05, 3.63) is 57.7 Å². The summed E-state index contributed by atoms with van der Waals surface area (Å²) >= 11 is 1.05. The van der Waals surface area contributed by atoms with Gasteiger partial charge in [0.25, 0.3) is 0 Å². The molecule has 0 amide bonds. The second-order valence-electron chi connectivity index (χ2n) is 6.10. The third kappa shape index (κ3) is 3.53. The molecule has 6 nitrogen and oxygen atoms in total. The molecule has 0 aliphatic rings. The molecule has 0 aliphatic carbocycles. The molecule has 0 unspecified atom stereocenters. The average molecular weight is 393 g/mol. The van der Waals surface area contributed by atoms with E-state index in [1.807, 2.05) is 26.0 Å². The van der Waals surface area contributed by atoms with Crippen LogP contribution >= 0.6 is 11.3 Å². The first kappa shape index (κ1) is 18.6. The number of hydrogen-bond acceptors (Lipinski definition) is 5. The van der Waals surface area contributed by atoms with Crippen molar-refractivity contribution in [3.8, 4) is 5.75 Å². The standard InChI is InChI=1S/C18H20N2O4S2/c1-12(2)20-15-9-8-14(10-17(15)25-18(20)21)26(22,23)19-11-13-6-4-5-7-16(13)24-3/h4-10,12,19H,11H2,1-3H3. The van der Waals surface area contributed by atoms with Gasteiger partial charge in [0, 0.05) is 18.2 Å². The number of methoxy groups -OCH3 is 1. The van der Waals surface area contributed by atoms with Crippen molar-refractivity contribution in [1.29, 1.82) is 0 Å². The number of aromatic nitrogens is 1. The van der Waals surface area contributed by atoms with E-state index in [2.05, 4.69) is 4.72 Å². The minimum absolute atomic E-state index is 0.0161. The van der Waals surface area contributed by atoms with Crippen molar-refractivity contribution in [3.63, 3.8) is 0 Å². The molecule has 0 saturated carbocycles. The van der Waals surface area contributed by atoms with Crippen LogP contribution in [0, 0.1) is 0 Å². The van der Waals surface area contributed by atoms with E-state index in [-0.39, 0.29) is 22.4 Å². The summed E-state index contributed by atoms with van der Waals surface area (Å²) in [6.07, 6.45) is 0. The number of fused-ring (bicyclic) bond motifs is 1. The largest absolute Gasteiger partial charge is 0.496 e. The summed E-state index contributed by atoms with van der Waals surface area (Å²) in [4.78, 5) is 12.2. The van der Waals surface area contributed by atoms with Crippen LogP contribution in [0.2, 0.25) is 0 Å². The first-order valence-electron chi connectivity index (χ1n) is 8.10. The van der Waals surface area contributed by atoms with Crippen LogP contribution in [-0.4, -0.2) is 20.1 Å². The van der Waals surface area contributed by atoms with Gasteiger partial charge >= 0.3 is 4.87 Å². The van der Waals surface area contributed by atoms with Gasteiger partial charge in [-0.15, -0.1) is 0 Å². The number of nitrogens with zero attached hydrogens (tertiary/aromatic N) is 1. The normalized spacial score (nSPS) is 12.0. The first-order chi connectivity index (χ1) is 12.3. The van der Waals surface area contributed by atoms with Gasteiger partial charge < -0.3 is 4.74 Å². The zero-order chi connectivity index (χ0) is 18.9. The summed E-state index contributed by atoms with van der Waals surface area (Å²) in [5, 5.41) is 0. The molecule has 1 aromatic heterocycles. The number of hydrogen-bond donors (Lipinski definition) is 1. The Hall–Kier alpha value is -2.16. The van der Waals surface area contributed by atoms with Crippen molar-refractivity contribution in [2.75, 3.05) is 7.11 Å². The number of nitrogens with one attached hydrogen (secondary N) is 1. The monoisotopic (exact) mass is 392 g/mol. The Morgan fingerprint density at radius 2 is 1.92 bits per heavy atom. The van der Waals surface area contributed by atoms with Gasteiger partial charge in [-0.3, -0.25) is 9.36 Å². The molecule has 0 fully saturated rings. The van der Waals surface area contributed by atoms with Crippen LogP contribution in [0.5, 0.6) is 5.75 Å². The highest BCUT2D eigenvalue weighted by Gasteiger charge is 2.18. The van der Waals surface area contributed by atoms with Crippen LogP contribution in [0.25, 0.3) is 10.2 Å². The number of para-hydroxylation sites is 1. The maximum Gasteiger partial charge on any atom is 0.308 e. The zero-order valence-electron chi connectivity index (χ0n) is 14.7. The van der Waals surface area contributed by atoms with E-state index >= 15 is 0 Å². The summed E-state index contributed by atoms with van der Waals surface area (Å²) in [5.74, 6) is 0.623. The third-order valence-electron chi connectivity index (χ3n) is 4.06. The van der Waals surface area contributed by atoms with E-state index in [0.29, 0.717) is 10.4 Å². The lowest BCUT2D eigenvalue weighted by atomic mass is 10.2. The van der Waals surface area contributed by atoms with Crippen LogP contribution in [-0.2, 0) is 16.6 Å². The molecule has 1 N–H and O–H groups in total. The number of thiazole rings is 1. The molecule has 0 radical (unpaired) electrons. The quantitative estimate of drug-likeness (QED) is 0.699. The van der Waals surface area contributed by atoms with Crippen LogP contribution in [0.4, 0.5) is 0 Å². The molecule has 0 atom stereocenters. The van der Waals surface area contributed by atoms with Gasteiger partial charge in [0.2, 0.25) is 10.0 Å². The van der Waals surface area contributed by atoms with Crippen LogP contribution in [0.1, 0.15) is 25.5 Å². The lowest BCUT2D eigenvalue weighted by Gasteiger charge is -2.11. The second-order valence-corrected chi connectivity index (χ2v) is 8.86. The van der Waals surface area contributed by atoms with E-state index in [4.69, 9.17) is 4.74 Å². The van der Waals surface area contributed by atoms with Gasteiger partial charge in [0.15, 0.2) is 0 Å². The van der Waals surface area contributed by atoms with E-state index in [9.17, 15) is 13.2 Å². The average Bonchev–Trinajstić information content (AvgIpc) is 2.95. The summed E-state index contributed by atoms with van der Waals surface area (Å²) < 4.78 is 35.4. The fraction of sp³-hybridized carbons (Fsp3) is 0.278. The molecule has 8 heteroatoms. The summed E-state index contributed by atoms with van der Waals surface area (Å²) in [5.41, 5.74) is 1.49. The zero-order valence-corrected chi connectivity index (χ0v) is 16.4. The molecule has 3 aromatic rings. The minimum Gasteiger partial charge on any atom is -0.496 e. The fourth-order valence-corrected chi connectivity index (χ4v) is 4.94. The molecular formula is C18H20N2O4S2. The third-order valence-corrected chi connectivity index (χ3v) is 6.37. The SMILES string of the molecule is COc1ccccc1CNS(=O)(=O)c1ccc2c(c1)sc(=O)n2C(C)C. The van der Waals surface area contributed by atoms with E-state index < -0.39 is 10.0 Å². The van der Waals surface area contributed by atoms with Gasteiger partial charge in [-0.2, -0.15) is 0 Å². The number of ether oxygens (including phenoxy) is 1. The highest BCUT2D eigenvalue weighted by Crippen LogP contribution is 2.24. The van der Waals surface area contributed by atoms with Crippen LogP contribution < -0.4 is 14.3 Å². The fourth-order valence-electron chi connectivity index (χ4n) is 2.78. The van der Waals surface area contributed by atoms with E-state index in [1.54, 1.807) is 35.9 Å². The predicted molar refractivity (Wildman–Crippen MR) is 103 cm³/mol. The molecule has 0 bridgehead atoms. The van der Waals surface area contributed by atoms with Crippen LogP contribution in [0.3, 0.4) is 0 Å². The molecular weight excluding hydrogens is 372 g/mol. The first-order valence-corrected chi connectivity index (χ1v) is 10.4. The molecule has 0 saturated heterocycles. The number of rotatable bonds is 6. The Bertz CT molecular complexity index is 1100. The Balaban J connectivity index is 1.91. The minimum atomic E-state index is -3.71. The topological polar surface area (TPSA) is 77.4 Å². The lowest BCUT2D eigenvalue weighted by Crippen LogP contribution is -2.23. The summed E-state index contributed by atoms with van der Waals surface area (Å²) in [6.45, 7) is 3.97. The maximum atomic E-state index is 12.6. The molecule has 138 valence electrons. The molecule has 1 heterocycles. The van der Waals surface area contributed by atoms with Crippen molar-refractivity contribution < 1.29 is 13.2 Å². The number of benzene rings is 2. The van der Waals surface area contributed by atoms with E-state index in [1.165, 1.54) is 6.07 Å². The maximum absolute atomic E-state index is 12.6. The Kier molecular flexibility index (Phi) is 5.17. The smallest absolute Gasteiger partial charge is 0.308 e. The van der Waals surface area contributed by atoms with Crippen molar-refractivity contribution in [2.45, 2.75) is 31.3 Å². The highest BCUT2D eigenvalue weighted by atomic mass is 32.2. The summed E-state index contributed by atoms with van der Waals surface area (Å²) in [6, 6.07) is 12.0. The van der Waals surface area contributed by atoms with Crippen molar-refractivity contribution in [2.24, 2.45) is 0 Å². The Morgan fingerprint density at radius 3 is 2.62 bits per heavy atom. The van der Waals surface area contributed by atoms with Gasteiger partial charge in [0.1, 0.15) is 5.75 Å². The van der Waals surface area contributed by atoms with Crippen molar-refractivity contribution in [1.82, 2.24) is 9.29 Å². The predicted octanol–water partition coefficient (Wildman–Crippen LogP) is 3.13. The highest BCUT2D eigenvalue weighted by molar-refractivity contribution is 7.89. The van der Waals surface area contributed by atoms with Gasteiger partial charge in [-0.1, -0.05) is 29.5 Å². The Labute approximate surface area is 156 Å². The lowest BCUT2D eigenvalue weighted by molar-refractivity contribution is 0.409. The Morgan fingerprint density at radius 1 is 1.19 bits per heavy atom. The van der Waals surface area contributed by atoms with Crippen LogP contribution in [0.15, 0.2) is 52.2 Å². The molecule has 0 aliphatic heterocycles. The van der Waals surface area contributed by atoms with Gasteiger partial charge in [-0.05, 0) is 38.1 Å².